The van der Waals surface area contributed by atoms with Crippen molar-refractivity contribution in [1.82, 2.24) is 10.9 Å². The molecule has 0 aliphatic heterocycles. The van der Waals surface area contributed by atoms with Crippen LogP contribution in [0.5, 0.6) is 11.5 Å². The van der Waals surface area contributed by atoms with Crippen LogP contribution in [0.4, 0.5) is 5.69 Å². The first-order valence-corrected chi connectivity index (χ1v) is 12.4. The molecule has 3 rings (SSSR count). The molecule has 0 spiro atoms. The number of sulfonamides is 1. The van der Waals surface area contributed by atoms with E-state index < -0.39 is 21.8 Å². The Kier molecular flexibility index (Phi) is 8.69. The molecular formula is C25H27N3O6S. The lowest BCUT2D eigenvalue weighted by atomic mass is 10.2. The highest BCUT2D eigenvalue weighted by Gasteiger charge is 2.15. The van der Waals surface area contributed by atoms with E-state index in [0.29, 0.717) is 18.1 Å². The van der Waals surface area contributed by atoms with Crippen LogP contribution in [-0.2, 0) is 14.8 Å². The zero-order chi connectivity index (χ0) is 25.3. The minimum Gasteiger partial charge on any atom is -0.494 e. The molecule has 0 saturated carbocycles. The Balaban J connectivity index is 1.47. The highest BCUT2D eigenvalue weighted by molar-refractivity contribution is 7.92. The van der Waals surface area contributed by atoms with Crippen LogP contribution in [-0.4, -0.2) is 33.4 Å². The van der Waals surface area contributed by atoms with Gasteiger partial charge in [0.1, 0.15) is 11.5 Å². The Morgan fingerprint density at radius 3 is 2.23 bits per heavy atom. The molecule has 0 aliphatic carbocycles. The van der Waals surface area contributed by atoms with E-state index in [1.165, 1.54) is 36.4 Å². The minimum atomic E-state index is -3.81. The fourth-order valence-electron chi connectivity index (χ4n) is 3.01. The molecule has 0 bridgehead atoms. The van der Waals surface area contributed by atoms with E-state index in [-0.39, 0.29) is 29.2 Å². The molecule has 3 aromatic rings. The Morgan fingerprint density at radius 2 is 1.57 bits per heavy atom. The van der Waals surface area contributed by atoms with Crippen molar-refractivity contribution in [1.29, 1.82) is 0 Å². The average Bonchev–Trinajstić information content (AvgIpc) is 2.83. The molecule has 35 heavy (non-hydrogen) atoms. The number of carbonyl (C=O) groups excluding carboxylic acids is 2. The number of hydrogen-bond acceptors (Lipinski definition) is 6. The van der Waals surface area contributed by atoms with Crippen LogP contribution in [0.15, 0.2) is 77.7 Å². The van der Waals surface area contributed by atoms with Gasteiger partial charge < -0.3 is 9.47 Å². The second kappa shape index (κ2) is 11.9. The summed E-state index contributed by atoms with van der Waals surface area (Å²) in [6.45, 7) is 4.43. The number of aryl methyl sites for hydroxylation is 1. The van der Waals surface area contributed by atoms with Gasteiger partial charge in [-0.25, -0.2) is 8.42 Å². The van der Waals surface area contributed by atoms with Gasteiger partial charge in [0.05, 0.1) is 24.5 Å². The van der Waals surface area contributed by atoms with Gasteiger partial charge in [-0.2, -0.15) is 0 Å². The quantitative estimate of drug-likeness (QED) is 0.369. The number of hydrogen-bond donors (Lipinski definition) is 3. The van der Waals surface area contributed by atoms with Crippen molar-refractivity contribution < 1.29 is 27.5 Å². The monoisotopic (exact) mass is 497 g/mol. The SMILES string of the molecule is CCOc1ccc(S(=O)(=O)Nc2ccc(C(=O)NNC(=O)CCOc3cccc(C)c3)cc2)cc1. The predicted molar refractivity (Wildman–Crippen MR) is 132 cm³/mol. The fraction of sp³-hybridized carbons (Fsp3) is 0.200. The van der Waals surface area contributed by atoms with Crippen LogP contribution in [0.2, 0.25) is 0 Å². The zero-order valence-electron chi connectivity index (χ0n) is 19.4. The van der Waals surface area contributed by atoms with Gasteiger partial charge in [0.2, 0.25) is 5.91 Å². The zero-order valence-corrected chi connectivity index (χ0v) is 20.2. The van der Waals surface area contributed by atoms with Gasteiger partial charge in [0.25, 0.3) is 15.9 Å². The third-order valence-corrected chi connectivity index (χ3v) is 6.14. The number of nitrogens with one attached hydrogen (secondary N) is 3. The van der Waals surface area contributed by atoms with Crippen LogP contribution in [0.1, 0.15) is 29.3 Å². The molecule has 3 N–H and O–H groups in total. The highest BCUT2D eigenvalue weighted by atomic mass is 32.2. The fourth-order valence-corrected chi connectivity index (χ4v) is 4.07. The second-order valence-corrected chi connectivity index (χ2v) is 9.19. The van der Waals surface area contributed by atoms with Gasteiger partial charge in [0, 0.05) is 11.3 Å². The molecule has 0 saturated heterocycles. The van der Waals surface area contributed by atoms with Gasteiger partial charge in [-0.05, 0) is 80.1 Å². The summed E-state index contributed by atoms with van der Waals surface area (Å²) >= 11 is 0. The number of hydrazine groups is 1. The number of rotatable bonds is 10. The van der Waals surface area contributed by atoms with E-state index in [1.807, 2.05) is 32.0 Å². The van der Waals surface area contributed by atoms with E-state index >= 15 is 0 Å². The lowest BCUT2D eigenvalue weighted by molar-refractivity contribution is -0.122. The molecule has 0 atom stereocenters. The molecule has 0 aliphatic rings. The van der Waals surface area contributed by atoms with Crippen molar-refractivity contribution in [3.8, 4) is 11.5 Å². The molecule has 0 fully saturated rings. The molecule has 184 valence electrons. The number of carbonyl (C=O) groups is 2. The molecule has 10 heteroatoms. The molecule has 0 aromatic heterocycles. The summed E-state index contributed by atoms with van der Waals surface area (Å²) in [6, 6.07) is 19.3. The summed E-state index contributed by atoms with van der Waals surface area (Å²) in [6.07, 6.45) is 0.0560. The van der Waals surface area contributed by atoms with Crippen LogP contribution in [0, 0.1) is 6.92 Å². The van der Waals surface area contributed by atoms with E-state index in [9.17, 15) is 18.0 Å². The smallest absolute Gasteiger partial charge is 0.269 e. The predicted octanol–water partition coefficient (Wildman–Crippen LogP) is 3.42. The molecule has 3 aromatic carbocycles. The van der Waals surface area contributed by atoms with E-state index in [0.717, 1.165) is 5.56 Å². The third-order valence-electron chi connectivity index (χ3n) is 4.75. The average molecular weight is 498 g/mol. The van der Waals surface area contributed by atoms with Crippen LogP contribution >= 0.6 is 0 Å². The summed E-state index contributed by atoms with van der Waals surface area (Å²) in [5, 5.41) is 0. The van der Waals surface area contributed by atoms with Crippen molar-refractivity contribution in [2.45, 2.75) is 25.2 Å². The summed E-state index contributed by atoms with van der Waals surface area (Å²) in [5.74, 6) is 0.289. The topological polar surface area (TPSA) is 123 Å². The van der Waals surface area contributed by atoms with E-state index in [1.54, 1.807) is 18.2 Å². The number of anilines is 1. The number of ether oxygens (including phenoxy) is 2. The van der Waals surface area contributed by atoms with Crippen molar-refractivity contribution in [3.05, 3.63) is 83.9 Å². The Labute approximate surface area is 204 Å². The summed E-state index contributed by atoms with van der Waals surface area (Å²) in [5.41, 5.74) is 6.22. The first-order valence-electron chi connectivity index (χ1n) is 10.9. The first-order chi connectivity index (χ1) is 16.8. The normalized spacial score (nSPS) is 10.8. The van der Waals surface area contributed by atoms with Crippen LogP contribution in [0.25, 0.3) is 0 Å². The Morgan fingerprint density at radius 1 is 0.857 bits per heavy atom. The van der Waals surface area contributed by atoms with Gasteiger partial charge in [-0.1, -0.05) is 12.1 Å². The van der Waals surface area contributed by atoms with Gasteiger partial charge in [-0.3, -0.25) is 25.2 Å². The maximum Gasteiger partial charge on any atom is 0.269 e. The van der Waals surface area contributed by atoms with Crippen molar-refractivity contribution in [2.75, 3.05) is 17.9 Å². The third kappa shape index (κ3) is 7.75. The van der Waals surface area contributed by atoms with E-state index in [4.69, 9.17) is 9.47 Å². The largest absolute Gasteiger partial charge is 0.494 e. The maximum atomic E-state index is 12.6. The van der Waals surface area contributed by atoms with Crippen LogP contribution in [0.3, 0.4) is 0 Å². The standard InChI is InChI=1S/C25H27N3O6S/c1-3-33-21-11-13-23(14-12-21)35(31,32)28-20-9-7-19(8-10-20)25(30)27-26-24(29)15-16-34-22-6-4-5-18(2)17-22/h4-14,17,28H,3,15-16H2,1-2H3,(H,26,29)(H,27,30). The molecule has 2 amide bonds. The van der Waals surface area contributed by atoms with Crippen molar-refractivity contribution in [2.24, 2.45) is 0 Å². The first kappa shape index (κ1) is 25.6. The van der Waals surface area contributed by atoms with Crippen LogP contribution < -0.4 is 25.0 Å². The lowest BCUT2D eigenvalue weighted by Gasteiger charge is -2.11. The maximum absolute atomic E-state index is 12.6. The molecule has 0 radical (unpaired) electrons. The molecule has 0 unspecified atom stereocenters. The number of amides is 2. The summed E-state index contributed by atoms with van der Waals surface area (Å²) in [7, 11) is -3.81. The molecular weight excluding hydrogens is 470 g/mol. The summed E-state index contributed by atoms with van der Waals surface area (Å²) in [4.78, 5) is 24.3. The van der Waals surface area contributed by atoms with Crippen molar-refractivity contribution in [3.63, 3.8) is 0 Å². The van der Waals surface area contributed by atoms with Gasteiger partial charge in [-0.15, -0.1) is 0 Å². The Hall–Kier alpha value is -4.05. The highest BCUT2D eigenvalue weighted by Crippen LogP contribution is 2.20. The lowest BCUT2D eigenvalue weighted by Crippen LogP contribution is -2.42. The van der Waals surface area contributed by atoms with E-state index in [2.05, 4.69) is 15.6 Å². The summed E-state index contributed by atoms with van der Waals surface area (Å²) < 4.78 is 38.4. The second-order valence-electron chi connectivity index (χ2n) is 7.50. The Bertz CT molecular complexity index is 1260. The van der Waals surface area contributed by atoms with Crippen molar-refractivity contribution >= 4 is 27.5 Å². The van der Waals surface area contributed by atoms with Gasteiger partial charge in [0.15, 0.2) is 0 Å². The minimum absolute atomic E-state index is 0.0560. The van der Waals surface area contributed by atoms with Gasteiger partial charge >= 0.3 is 0 Å². The molecule has 0 heterocycles. The molecule has 9 nitrogen and oxygen atoms in total. The number of benzene rings is 3.